The molecule has 2 saturated heterocycles. The van der Waals surface area contributed by atoms with Gasteiger partial charge >= 0.3 is 0 Å². The maximum Gasteiger partial charge on any atom is 0.253 e. The van der Waals surface area contributed by atoms with Crippen LogP contribution in [0.2, 0.25) is 0 Å². The topological polar surface area (TPSA) is 69.7 Å². The number of sulfonamides is 1. The van der Waals surface area contributed by atoms with Crippen LogP contribution in [0, 0.1) is 12.8 Å². The average molecular weight is 394 g/mol. The van der Waals surface area contributed by atoms with Gasteiger partial charge in [0, 0.05) is 31.7 Å². The molecule has 0 saturated carbocycles. The number of rotatable bonds is 5. The van der Waals surface area contributed by atoms with Gasteiger partial charge in [-0.05, 0) is 69.8 Å². The number of carbonyl (C=O) groups excluding carboxylic acids is 1. The third kappa shape index (κ3) is 4.52. The molecular weight excluding hydrogens is 362 g/mol. The molecule has 1 N–H and O–H groups in total. The van der Waals surface area contributed by atoms with Gasteiger partial charge in [0.1, 0.15) is 0 Å². The van der Waals surface area contributed by atoms with E-state index in [1.54, 1.807) is 29.4 Å². The van der Waals surface area contributed by atoms with Crippen molar-refractivity contribution in [2.45, 2.75) is 43.9 Å². The highest BCUT2D eigenvalue weighted by Crippen LogP contribution is 2.26. The average Bonchev–Trinajstić information content (AvgIpc) is 2.69. The quantitative estimate of drug-likeness (QED) is 0.833. The Hall–Kier alpha value is -1.44. The summed E-state index contributed by atoms with van der Waals surface area (Å²) in [6.07, 6.45) is 4.85. The number of hydrogen-bond donors (Lipinski definition) is 1. The summed E-state index contributed by atoms with van der Waals surface area (Å²) in [6, 6.07) is 5.10. The van der Waals surface area contributed by atoms with Crippen LogP contribution in [0.1, 0.15) is 48.0 Å². The number of nitrogens with zero attached hydrogens (tertiary/aromatic N) is 2. The molecule has 0 radical (unpaired) electrons. The molecule has 1 aromatic rings. The van der Waals surface area contributed by atoms with E-state index in [0.29, 0.717) is 30.1 Å². The number of piperidine rings is 2. The number of likely N-dealkylation sites (tertiary alicyclic amines) is 1. The van der Waals surface area contributed by atoms with E-state index in [0.717, 1.165) is 51.7 Å². The Labute approximate surface area is 163 Å². The Kier molecular flexibility index (Phi) is 6.55. The van der Waals surface area contributed by atoms with Crippen LogP contribution >= 0.6 is 0 Å². The number of nitrogens with one attached hydrogen (secondary N) is 1. The molecule has 0 bridgehead atoms. The molecule has 2 heterocycles. The molecule has 2 aliphatic heterocycles. The summed E-state index contributed by atoms with van der Waals surface area (Å²) in [6.45, 7) is 5.37. The number of benzene rings is 1. The fraction of sp³-hybridized carbons (Fsp3) is 0.650. The van der Waals surface area contributed by atoms with Crippen LogP contribution in [-0.4, -0.2) is 63.3 Å². The molecule has 0 aromatic heterocycles. The van der Waals surface area contributed by atoms with E-state index in [-0.39, 0.29) is 10.8 Å². The van der Waals surface area contributed by atoms with Gasteiger partial charge in [0.2, 0.25) is 10.0 Å². The van der Waals surface area contributed by atoms with Crippen molar-refractivity contribution in [2.75, 3.05) is 39.8 Å². The summed E-state index contributed by atoms with van der Waals surface area (Å²) in [4.78, 5) is 15.1. The van der Waals surface area contributed by atoms with E-state index in [4.69, 9.17) is 0 Å². The Morgan fingerprint density at radius 1 is 1.11 bits per heavy atom. The van der Waals surface area contributed by atoms with Crippen molar-refractivity contribution in [3.63, 3.8) is 0 Å². The first-order valence-corrected chi connectivity index (χ1v) is 11.4. The summed E-state index contributed by atoms with van der Waals surface area (Å²) in [5.74, 6) is 0.542. The van der Waals surface area contributed by atoms with E-state index in [2.05, 4.69) is 5.32 Å². The third-order valence-corrected chi connectivity index (χ3v) is 7.80. The van der Waals surface area contributed by atoms with Gasteiger partial charge in [-0.3, -0.25) is 4.79 Å². The molecule has 2 aliphatic rings. The minimum Gasteiger partial charge on any atom is -0.339 e. The number of carbonyl (C=O) groups is 1. The van der Waals surface area contributed by atoms with Gasteiger partial charge in [0.25, 0.3) is 5.91 Å². The van der Waals surface area contributed by atoms with Gasteiger partial charge in [0.05, 0.1) is 4.90 Å². The van der Waals surface area contributed by atoms with E-state index in [9.17, 15) is 13.2 Å². The second kappa shape index (κ2) is 8.71. The molecule has 7 heteroatoms. The first-order valence-electron chi connectivity index (χ1n) is 9.98. The summed E-state index contributed by atoms with van der Waals surface area (Å²) < 4.78 is 27.7. The molecule has 0 atom stereocenters. The van der Waals surface area contributed by atoms with Crippen LogP contribution in [0.25, 0.3) is 0 Å². The first kappa shape index (κ1) is 20.3. The van der Waals surface area contributed by atoms with E-state index in [1.165, 1.54) is 0 Å². The van der Waals surface area contributed by atoms with Crippen molar-refractivity contribution in [3.05, 3.63) is 29.3 Å². The second-order valence-electron chi connectivity index (χ2n) is 7.74. The van der Waals surface area contributed by atoms with Crippen LogP contribution in [0.5, 0.6) is 0 Å². The number of amides is 1. The van der Waals surface area contributed by atoms with Crippen LogP contribution in [0.3, 0.4) is 0 Å². The minimum absolute atomic E-state index is 0.0620. The molecule has 2 fully saturated rings. The normalized spacial score (nSPS) is 20.0. The molecule has 1 amide bonds. The zero-order valence-electron chi connectivity index (χ0n) is 16.4. The summed E-state index contributed by atoms with van der Waals surface area (Å²) >= 11 is 0. The minimum atomic E-state index is -3.54. The Bertz CT molecular complexity index is 765. The lowest BCUT2D eigenvalue weighted by Gasteiger charge is -2.32. The summed E-state index contributed by atoms with van der Waals surface area (Å²) in [5, 5.41) is 3.20. The zero-order valence-corrected chi connectivity index (χ0v) is 17.2. The summed E-state index contributed by atoms with van der Waals surface area (Å²) in [5.41, 5.74) is 1.17. The lowest BCUT2D eigenvalue weighted by molar-refractivity contribution is 0.0690. The van der Waals surface area contributed by atoms with Crippen molar-refractivity contribution < 1.29 is 13.2 Å². The monoisotopic (exact) mass is 393 g/mol. The fourth-order valence-corrected chi connectivity index (χ4v) is 5.83. The van der Waals surface area contributed by atoms with Crippen LogP contribution in [0.4, 0.5) is 0 Å². The molecule has 0 unspecified atom stereocenters. The zero-order chi connectivity index (χ0) is 19.4. The van der Waals surface area contributed by atoms with Gasteiger partial charge < -0.3 is 10.2 Å². The lowest BCUT2D eigenvalue weighted by atomic mass is 9.96. The molecule has 1 aromatic carbocycles. The SMILES string of the molecule is CNCC1CCN(C(=O)c2ccc(C)c(S(=O)(=O)N3CCCCC3)c2)CC1. The molecule has 27 heavy (non-hydrogen) atoms. The van der Waals surface area contributed by atoms with E-state index in [1.807, 2.05) is 11.9 Å². The van der Waals surface area contributed by atoms with Crippen LogP contribution in [-0.2, 0) is 10.0 Å². The maximum absolute atomic E-state index is 13.1. The van der Waals surface area contributed by atoms with Gasteiger partial charge in [-0.1, -0.05) is 12.5 Å². The highest BCUT2D eigenvalue weighted by molar-refractivity contribution is 7.89. The number of aryl methyl sites for hydroxylation is 1. The maximum atomic E-state index is 13.1. The highest BCUT2D eigenvalue weighted by atomic mass is 32.2. The Morgan fingerprint density at radius 3 is 2.41 bits per heavy atom. The fourth-order valence-electron chi connectivity index (χ4n) is 4.07. The largest absolute Gasteiger partial charge is 0.339 e. The molecular formula is C20H31N3O3S. The Morgan fingerprint density at radius 2 is 1.78 bits per heavy atom. The van der Waals surface area contributed by atoms with Crippen molar-refractivity contribution in [1.82, 2.24) is 14.5 Å². The molecule has 0 spiro atoms. The molecule has 6 nitrogen and oxygen atoms in total. The van der Waals surface area contributed by atoms with Crippen LogP contribution in [0.15, 0.2) is 23.1 Å². The Balaban J connectivity index is 1.78. The lowest BCUT2D eigenvalue weighted by Crippen LogP contribution is -2.40. The second-order valence-corrected chi connectivity index (χ2v) is 9.64. The van der Waals surface area contributed by atoms with Gasteiger partial charge in [0.15, 0.2) is 0 Å². The summed E-state index contributed by atoms with van der Waals surface area (Å²) in [7, 11) is -1.59. The van der Waals surface area contributed by atoms with E-state index < -0.39 is 10.0 Å². The van der Waals surface area contributed by atoms with E-state index >= 15 is 0 Å². The van der Waals surface area contributed by atoms with Gasteiger partial charge in [-0.25, -0.2) is 8.42 Å². The standard InChI is InChI=1S/C20H31N3O3S/c1-16-6-7-18(20(24)22-12-8-17(9-13-22)15-21-2)14-19(16)27(25,26)23-10-4-3-5-11-23/h6-7,14,17,21H,3-5,8-13,15H2,1-2H3. The molecule has 150 valence electrons. The van der Waals surface area contributed by atoms with Crippen molar-refractivity contribution in [2.24, 2.45) is 5.92 Å². The van der Waals surface area contributed by atoms with Gasteiger partial charge in [-0.15, -0.1) is 0 Å². The van der Waals surface area contributed by atoms with Crippen LogP contribution < -0.4 is 5.32 Å². The smallest absolute Gasteiger partial charge is 0.253 e. The molecule has 0 aliphatic carbocycles. The highest BCUT2D eigenvalue weighted by Gasteiger charge is 2.29. The predicted molar refractivity (Wildman–Crippen MR) is 106 cm³/mol. The van der Waals surface area contributed by atoms with Crippen molar-refractivity contribution >= 4 is 15.9 Å². The van der Waals surface area contributed by atoms with Gasteiger partial charge in [-0.2, -0.15) is 4.31 Å². The third-order valence-electron chi connectivity index (χ3n) is 5.76. The number of hydrogen-bond acceptors (Lipinski definition) is 4. The molecule has 3 rings (SSSR count). The predicted octanol–water partition coefficient (Wildman–Crippen LogP) is 2.24. The van der Waals surface area contributed by atoms with Crippen molar-refractivity contribution in [1.29, 1.82) is 0 Å². The first-order chi connectivity index (χ1) is 12.9. The van der Waals surface area contributed by atoms with Crippen molar-refractivity contribution in [3.8, 4) is 0 Å².